The molecule has 1 N–H and O–H groups in total. The molecule has 1 fully saturated rings. The molecule has 2 heterocycles. The fourth-order valence-corrected chi connectivity index (χ4v) is 4.11. The number of halogens is 1. The van der Waals surface area contributed by atoms with Gasteiger partial charge in [0, 0.05) is 29.1 Å². The Hall–Kier alpha value is -3.10. The molecule has 2 aromatic carbocycles. The van der Waals surface area contributed by atoms with Gasteiger partial charge in [-0.25, -0.2) is 0 Å². The van der Waals surface area contributed by atoms with Crippen molar-refractivity contribution in [1.29, 1.82) is 0 Å². The molecule has 3 aromatic rings. The summed E-state index contributed by atoms with van der Waals surface area (Å²) < 4.78 is 0. The minimum atomic E-state index is -0.558. The van der Waals surface area contributed by atoms with Gasteiger partial charge in [-0.15, -0.1) is 10.2 Å². The van der Waals surface area contributed by atoms with Gasteiger partial charge in [-0.1, -0.05) is 53.3 Å². The predicted molar refractivity (Wildman–Crippen MR) is 115 cm³/mol. The van der Waals surface area contributed by atoms with Gasteiger partial charge in [0.2, 0.25) is 16.9 Å². The van der Waals surface area contributed by atoms with Gasteiger partial charge in [0.25, 0.3) is 0 Å². The number of rotatable bonds is 5. The number of aryl methyl sites for hydroxylation is 1. The lowest BCUT2D eigenvalue weighted by Gasteiger charge is -2.20. The van der Waals surface area contributed by atoms with Crippen LogP contribution in [-0.4, -0.2) is 34.3 Å². The van der Waals surface area contributed by atoms with Gasteiger partial charge in [-0.2, -0.15) is 0 Å². The molecule has 1 atom stereocenters. The van der Waals surface area contributed by atoms with Crippen LogP contribution in [0.5, 0.6) is 0 Å². The number of nitrogens with zero attached hydrogens (tertiary/aromatic N) is 3. The van der Waals surface area contributed by atoms with E-state index < -0.39 is 5.92 Å². The van der Waals surface area contributed by atoms with Crippen LogP contribution in [0.1, 0.15) is 27.3 Å². The zero-order valence-corrected chi connectivity index (χ0v) is 17.5. The van der Waals surface area contributed by atoms with Crippen molar-refractivity contribution in [2.75, 3.05) is 16.8 Å². The molecule has 4 rings (SSSR count). The van der Waals surface area contributed by atoms with Gasteiger partial charge in [0.05, 0.1) is 11.6 Å². The van der Waals surface area contributed by atoms with E-state index in [1.54, 1.807) is 49.4 Å². The van der Waals surface area contributed by atoms with Crippen molar-refractivity contribution in [3.05, 3.63) is 69.7 Å². The number of hydrogen-bond donors (Lipinski definition) is 1. The Bertz CT molecular complexity index is 1130. The van der Waals surface area contributed by atoms with Gasteiger partial charge in [0.1, 0.15) is 5.01 Å². The van der Waals surface area contributed by atoms with Crippen molar-refractivity contribution < 1.29 is 14.4 Å². The predicted octanol–water partition coefficient (Wildman–Crippen LogP) is 3.72. The summed E-state index contributed by atoms with van der Waals surface area (Å²) in [5.41, 5.74) is 1.26. The van der Waals surface area contributed by atoms with Crippen molar-refractivity contribution in [3.63, 3.8) is 0 Å². The number of benzene rings is 2. The molecule has 2 amide bonds. The fraction of sp³-hybridized carbons (Fsp3) is 0.190. The summed E-state index contributed by atoms with van der Waals surface area (Å²) >= 11 is 7.40. The number of aromatic nitrogens is 2. The highest BCUT2D eigenvalue weighted by atomic mass is 35.5. The molecule has 0 spiro atoms. The minimum Gasteiger partial charge on any atom is -0.311 e. The molecule has 0 aliphatic carbocycles. The topological polar surface area (TPSA) is 92.3 Å². The second-order valence-electron chi connectivity index (χ2n) is 6.88. The average molecular weight is 441 g/mol. The lowest BCUT2D eigenvalue weighted by molar-refractivity contribution is -0.122. The van der Waals surface area contributed by atoms with E-state index in [1.165, 1.54) is 16.2 Å². The Morgan fingerprint density at radius 2 is 1.93 bits per heavy atom. The van der Waals surface area contributed by atoms with Crippen molar-refractivity contribution >= 4 is 51.4 Å². The Labute approximate surface area is 181 Å². The molecule has 0 unspecified atom stereocenters. The molecule has 0 saturated carbocycles. The molecule has 1 aliphatic rings. The van der Waals surface area contributed by atoms with Crippen molar-refractivity contribution in [3.8, 4) is 0 Å². The molecule has 0 bridgehead atoms. The number of hydrogen-bond acceptors (Lipinski definition) is 6. The smallest absolute Gasteiger partial charge is 0.231 e. The third-order valence-electron chi connectivity index (χ3n) is 4.78. The lowest BCUT2D eigenvalue weighted by atomic mass is 10.0. The quantitative estimate of drug-likeness (QED) is 0.610. The molecule has 1 saturated heterocycles. The first-order valence-corrected chi connectivity index (χ1v) is 10.4. The molecule has 7 nitrogen and oxygen atoms in total. The average Bonchev–Trinajstić information content (AvgIpc) is 3.33. The summed E-state index contributed by atoms with van der Waals surface area (Å²) in [4.78, 5) is 39.8. The standard InChI is InChI=1S/C21H17ClN4O3S/c1-12-24-25-21(30-12)23-20(29)14-9-18(27)26(11-14)17-8-7-15(22)10-16(17)19(28)13-5-3-2-4-6-13/h2-8,10,14H,9,11H2,1H3,(H,23,25,29)/t14-/m0/s1. The second-order valence-corrected chi connectivity index (χ2v) is 8.50. The summed E-state index contributed by atoms with van der Waals surface area (Å²) in [7, 11) is 0. The fourth-order valence-electron chi connectivity index (χ4n) is 3.34. The first kappa shape index (κ1) is 20.2. The second kappa shape index (κ2) is 8.33. The minimum absolute atomic E-state index is 0.0468. The third kappa shape index (κ3) is 4.10. The van der Waals surface area contributed by atoms with E-state index in [-0.39, 0.29) is 30.6 Å². The van der Waals surface area contributed by atoms with Crippen molar-refractivity contribution in [1.82, 2.24) is 10.2 Å². The van der Waals surface area contributed by atoms with Crippen molar-refractivity contribution in [2.24, 2.45) is 5.92 Å². The summed E-state index contributed by atoms with van der Waals surface area (Å²) in [6.07, 6.45) is 0.0468. The van der Waals surface area contributed by atoms with Crippen LogP contribution in [0.4, 0.5) is 10.8 Å². The van der Waals surface area contributed by atoms with Crippen LogP contribution in [-0.2, 0) is 9.59 Å². The first-order valence-electron chi connectivity index (χ1n) is 9.23. The zero-order chi connectivity index (χ0) is 21.3. The summed E-state index contributed by atoms with van der Waals surface area (Å²) in [5, 5.41) is 12.0. The molecule has 9 heteroatoms. The van der Waals surface area contributed by atoms with E-state index >= 15 is 0 Å². The highest BCUT2D eigenvalue weighted by Gasteiger charge is 2.37. The molecular formula is C21H17ClN4O3S. The number of amides is 2. The Morgan fingerprint density at radius 3 is 2.63 bits per heavy atom. The van der Waals surface area contributed by atoms with E-state index in [0.717, 1.165) is 5.01 Å². The van der Waals surface area contributed by atoms with Crippen LogP contribution in [0.15, 0.2) is 48.5 Å². The normalized spacial score (nSPS) is 16.0. The molecule has 30 heavy (non-hydrogen) atoms. The van der Waals surface area contributed by atoms with Crippen LogP contribution >= 0.6 is 22.9 Å². The van der Waals surface area contributed by atoms with E-state index in [1.807, 2.05) is 6.07 Å². The molecular weight excluding hydrogens is 424 g/mol. The largest absolute Gasteiger partial charge is 0.311 e. The highest BCUT2D eigenvalue weighted by Crippen LogP contribution is 2.32. The lowest BCUT2D eigenvalue weighted by Crippen LogP contribution is -2.29. The van der Waals surface area contributed by atoms with Crippen LogP contribution < -0.4 is 10.2 Å². The maximum absolute atomic E-state index is 13.1. The molecule has 1 aliphatic heterocycles. The van der Waals surface area contributed by atoms with Gasteiger partial charge < -0.3 is 10.2 Å². The summed E-state index contributed by atoms with van der Waals surface area (Å²) in [6.45, 7) is 1.96. The van der Waals surface area contributed by atoms with E-state index in [9.17, 15) is 14.4 Å². The number of carbonyl (C=O) groups is 3. The van der Waals surface area contributed by atoms with Crippen LogP contribution in [0.2, 0.25) is 5.02 Å². The first-order chi connectivity index (χ1) is 14.4. The number of carbonyl (C=O) groups excluding carboxylic acids is 3. The molecule has 1 aromatic heterocycles. The Morgan fingerprint density at radius 1 is 1.17 bits per heavy atom. The molecule has 0 radical (unpaired) electrons. The number of nitrogens with one attached hydrogen (secondary N) is 1. The van der Waals surface area contributed by atoms with Gasteiger partial charge in [-0.3, -0.25) is 14.4 Å². The maximum Gasteiger partial charge on any atom is 0.231 e. The third-order valence-corrected chi connectivity index (χ3v) is 5.77. The van der Waals surface area contributed by atoms with E-state index in [2.05, 4.69) is 15.5 Å². The van der Waals surface area contributed by atoms with E-state index in [0.29, 0.717) is 27.0 Å². The van der Waals surface area contributed by atoms with Gasteiger partial charge >= 0.3 is 0 Å². The maximum atomic E-state index is 13.1. The zero-order valence-electron chi connectivity index (χ0n) is 16.0. The number of anilines is 2. The van der Waals surface area contributed by atoms with Crippen LogP contribution in [0.3, 0.4) is 0 Å². The van der Waals surface area contributed by atoms with Gasteiger partial charge in [0.15, 0.2) is 5.78 Å². The highest BCUT2D eigenvalue weighted by molar-refractivity contribution is 7.15. The summed E-state index contributed by atoms with van der Waals surface area (Å²) in [6, 6.07) is 13.6. The van der Waals surface area contributed by atoms with E-state index in [4.69, 9.17) is 11.6 Å². The van der Waals surface area contributed by atoms with Gasteiger partial charge in [-0.05, 0) is 25.1 Å². The van der Waals surface area contributed by atoms with Crippen LogP contribution in [0.25, 0.3) is 0 Å². The Balaban J connectivity index is 1.59. The Kier molecular flexibility index (Phi) is 5.61. The molecule has 152 valence electrons. The monoisotopic (exact) mass is 440 g/mol. The number of ketones is 1. The van der Waals surface area contributed by atoms with Crippen molar-refractivity contribution in [2.45, 2.75) is 13.3 Å². The van der Waals surface area contributed by atoms with Crippen LogP contribution in [0, 0.1) is 12.8 Å². The SMILES string of the molecule is Cc1nnc(NC(=O)[C@H]2CC(=O)N(c3ccc(Cl)cc3C(=O)c3ccccc3)C2)s1. The summed E-state index contributed by atoms with van der Waals surface area (Å²) in [5.74, 6) is -1.32.